The van der Waals surface area contributed by atoms with Crippen molar-refractivity contribution >= 4 is 32.5 Å². The van der Waals surface area contributed by atoms with E-state index >= 15 is 0 Å². The molecule has 0 aliphatic rings. The average Bonchev–Trinajstić information content (AvgIpc) is 3.34. The molecule has 3 aromatic carbocycles. The number of aromatic nitrogens is 1. The Hall–Kier alpha value is -3.62. The van der Waals surface area contributed by atoms with Crippen molar-refractivity contribution in [1.82, 2.24) is 15.6 Å². The van der Waals surface area contributed by atoms with Gasteiger partial charge in [-0.25, -0.2) is 8.42 Å². The number of anilines is 1. The first-order chi connectivity index (χ1) is 20.9. The van der Waals surface area contributed by atoms with Crippen LogP contribution in [0.4, 0.5) is 5.69 Å². The summed E-state index contributed by atoms with van der Waals surface area (Å²) in [5, 5.41) is 7.66. The number of nitrogens with one attached hydrogen (secondary N) is 4. The number of aromatic amines is 1. The predicted molar refractivity (Wildman–Crippen MR) is 184 cm³/mol. The maximum absolute atomic E-state index is 12.7. The summed E-state index contributed by atoms with van der Waals surface area (Å²) in [6, 6.07) is 20.5. The van der Waals surface area contributed by atoms with Gasteiger partial charge >= 0.3 is 0 Å². The van der Waals surface area contributed by atoms with E-state index in [1.54, 1.807) is 0 Å². The number of fused-ring (bicyclic) bond motifs is 1. The van der Waals surface area contributed by atoms with Gasteiger partial charge in [-0.2, -0.15) is 0 Å². The molecule has 0 bridgehead atoms. The second-order valence-electron chi connectivity index (χ2n) is 12.3. The fourth-order valence-corrected chi connectivity index (χ4v) is 6.08. The summed E-state index contributed by atoms with van der Waals surface area (Å²) < 4.78 is 25.3. The van der Waals surface area contributed by atoms with E-state index in [9.17, 15) is 13.2 Å². The van der Waals surface area contributed by atoms with Gasteiger partial charge in [0.1, 0.15) is 0 Å². The summed E-state index contributed by atoms with van der Waals surface area (Å²) >= 11 is 0. The molecule has 44 heavy (non-hydrogen) atoms. The lowest BCUT2D eigenvalue weighted by atomic mass is 9.91. The lowest BCUT2D eigenvalue weighted by molar-refractivity contribution is 0.0956. The van der Waals surface area contributed by atoms with Gasteiger partial charge < -0.3 is 15.6 Å². The molecule has 0 aliphatic carbocycles. The number of hydrogen-bond acceptors (Lipinski definition) is 4. The fraction of sp³-hybridized carbons (Fsp3) is 0.417. The maximum Gasteiger partial charge on any atom is 0.251 e. The van der Waals surface area contributed by atoms with Crippen molar-refractivity contribution in [1.29, 1.82) is 0 Å². The van der Waals surface area contributed by atoms with Gasteiger partial charge in [0.15, 0.2) is 0 Å². The third-order valence-corrected chi connectivity index (χ3v) is 8.59. The molecule has 0 aliphatic heterocycles. The highest BCUT2D eigenvalue weighted by molar-refractivity contribution is 7.92. The Morgan fingerprint density at radius 2 is 1.52 bits per heavy atom. The van der Waals surface area contributed by atoms with E-state index < -0.39 is 10.0 Å². The molecule has 4 aromatic rings. The molecule has 0 saturated carbocycles. The number of amides is 1. The number of sulfonamides is 1. The number of rotatable bonds is 15. The molecule has 236 valence electrons. The van der Waals surface area contributed by atoms with Crippen molar-refractivity contribution in [2.75, 3.05) is 30.6 Å². The number of carbonyl (C=O) groups excluding carboxylic acids is 1. The maximum atomic E-state index is 12.7. The first-order valence-electron chi connectivity index (χ1n) is 15.8. The minimum Gasteiger partial charge on any atom is -0.354 e. The van der Waals surface area contributed by atoms with E-state index in [0.717, 1.165) is 61.6 Å². The number of aryl methyl sites for hydroxylation is 1. The van der Waals surface area contributed by atoms with E-state index in [4.69, 9.17) is 0 Å². The summed E-state index contributed by atoms with van der Waals surface area (Å²) in [4.78, 5) is 16.4. The Labute approximate surface area is 263 Å². The van der Waals surface area contributed by atoms with Gasteiger partial charge in [-0.1, -0.05) is 45.9 Å². The summed E-state index contributed by atoms with van der Waals surface area (Å²) in [5.41, 5.74) is 9.73. The normalized spacial score (nSPS) is 11.9. The highest BCUT2D eigenvalue weighted by Gasteiger charge is 2.17. The molecular weight excluding hydrogens is 568 g/mol. The van der Waals surface area contributed by atoms with E-state index in [1.807, 2.05) is 49.4 Å². The van der Waals surface area contributed by atoms with Gasteiger partial charge in [-0.3, -0.25) is 9.52 Å². The molecule has 4 N–H and O–H groups in total. The van der Waals surface area contributed by atoms with Crippen LogP contribution in [-0.4, -0.2) is 45.2 Å². The largest absolute Gasteiger partial charge is 0.354 e. The molecule has 0 radical (unpaired) electrons. The Kier molecular flexibility index (Phi) is 11.3. The quantitative estimate of drug-likeness (QED) is 0.105. The monoisotopic (exact) mass is 616 g/mol. The van der Waals surface area contributed by atoms with Gasteiger partial charge in [0.2, 0.25) is 10.0 Å². The summed E-state index contributed by atoms with van der Waals surface area (Å²) in [7, 11) is -3.26. The summed E-state index contributed by atoms with van der Waals surface area (Å²) in [6.07, 6.45) is 5.02. The van der Waals surface area contributed by atoms with Crippen molar-refractivity contribution in [2.24, 2.45) is 0 Å². The third kappa shape index (κ3) is 8.96. The van der Waals surface area contributed by atoms with E-state index in [2.05, 4.69) is 66.2 Å². The molecule has 0 unspecified atom stereocenters. The van der Waals surface area contributed by atoms with Crippen LogP contribution >= 0.6 is 0 Å². The standard InChI is InChI=1S/C36H48N4O3S/c1-7-38-36(41)27-13-16-34-33(23-27)32(35(39-34)30-21-28(24(2)3)20-29(22-30)25(4)5)17-19-37-18-9-8-10-26-11-14-31(15-12-26)40-44(6,42)43/h11-16,20-25,37,39-40H,7-10,17-19H2,1-6H3,(H,38,41). The molecule has 1 aromatic heterocycles. The zero-order valence-corrected chi connectivity index (χ0v) is 27.8. The fourth-order valence-electron chi connectivity index (χ4n) is 5.52. The molecule has 0 fully saturated rings. The van der Waals surface area contributed by atoms with Crippen molar-refractivity contribution in [3.8, 4) is 11.3 Å². The van der Waals surface area contributed by atoms with Crippen LogP contribution < -0.4 is 15.4 Å². The first kappa shape index (κ1) is 33.3. The number of unbranched alkanes of at least 4 members (excludes halogenated alkanes) is 1. The van der Waals surface area contributed by atoms with Gasteiger partial charge in [0.05, 0.1) is 6.26 Å². The second-order valence-corrected chi connectivity index (χ2v) is 14.1. The SMILES string of the molecule is CCNC(=O)c1ccc2[nH]c(-c3cc(C(C)C)cc(C(C)C)c3)c(CCNCCCCc3ccc(NS(C)(=O)=O)cc3)c2c1. The second kappa shape index (κ2) is 14.9. The highest BCUT2D eigenvalue weighted by Crippen LogP contribution is 2.35. The average molecular weight is 617 g/mol. The lowest BCUT2D eigenvalue weighted by Gasteiger charge is -2.15. The van der Waals surface area contributed by atoms with Crippen molar-refractivity contribution in [2.45, 2.75) is 72.1 Å². The molecule has 7 nitrogen and oxygen atoms in total. The minimum atomic E-state index is -3.26. The van der Waals surface area contributed by atoms with Crippen LogP contribution in [0.5, 0.6) is 0 Å². The third-order valence-electron chi connectivity index (χ3n) is 7.98. The summed E-state index contributed by atoms with van der Waals surface area (Å²) in [5.74, 6) is 0.799. The molecule has 8 heteroatoms. The van der Waals surface area contributed by atoms with Crippen LogP contribution in [0.3, 0.4) is 0 Å². The highest BCUT2D eigenvalue weighted by atomic mass is 32.2. The number of H-pyrrole nitrogens is 1. The van der Waals surface area contributed by atoms with Crippen LogP contribution in [-0.2, 0) is 22.9 Å². The van der Waals surface area contributed by atoms with Crippen molar-refractivity contribution in [3.63, 3.8) is 0 Å². The molecular formula is C36H48N4O3S. The van der Waals surface area contributed by atoms with Crippen LogP contribution in [0.15, 0.2) is 60.7 Å². The molecule has 1 heterocycles. The van der Waals surface area contributed by atoms with E-state index in [1.165, 1.54) is 27.8 Å². The number of benzene rings is 3. The summed E-state index contributed by atoms with van der Waals surface area (Å²) in [6.45, 7) is 13.2. The van der Waals surface area contributed by atoms with Crippen LogP contribution in [0.1, 0.15) is 91.9 Å². The number of hydrogen-bond donors (Lipinski definition) is 4. The molecule has 1 amide bonds. The van der Waals surface area contributed by atoms with Gasteiger partial charge in [0.25, 0.3) is 5.91 Å². The van der Waals surface area contributed by atoms with Gasteiger partial charge in [0, 0.05) is 34.4 Å². The van der Waals surface area contributed by atoms with Crippen LogP contribution in [0, 0.1) is 0 Å². The minimum absolute atomic E-state index is 0.0496. The van der Waals surface area contributed by atoms with E-state index in [-0.39, 0.29) is 5.91 Å². The topological polar surface area (TPSA) is 103 Å². The van der Waals surface area contributed by atoms with Gasteiger partial charge in [-0.15, -0.1) is 0 Å². The molecule has 0 atom stereocenters. The first-order valence-corrected chi connectivity index (χ1v) is 17.7. The lowest BCUT2D eigenvalue weighted by Crippen LogP contribution is -2.22. The van der Waals surface area contributed by atoms with Crippen molar-refractivity contribution in [3.05, 3.63) is 88.5 Å². The Morgan fingerprint density at radius 3 is 2.14 bits per heavy atom. The molecule has 0 saturated heterocycles. The Balaban J connectivity index is 1.47. The zero-order valence-electron chi connectivity index (χ0n) is 27.0. The zero-order chi connectivity index (χ0) is 31.9. The Morgan fingerprint density at radius 1 is 0.841 bits per heavy atom. The van der Waals surface area contributed by atoms with Crippen molar-refractivity contribution < 1.29 is 13.2 Å². The number of carbonyl (C=O) groups is 1. The van der Waals surface area contributed by atoms with E-state index in [0.29, 0.717) is 29.6 Å². The molecule has 0 spiro atoms. The van der Waals surface area contributed by atoms with Gasteiger partial charge in [-0.05, 0) is 128 Å². The smallest absolute Gasteiger partial charge is 0.251 e. The Bertz CT molecular complexity index is 1650. The molecule has 4 rings (SSSR count). The van der Waals surface area contributed by atoms with Crippen LogP contribution in [0.2, 0.25) is 0 Å². The predicted octanol–water partition coefficient (Wildman–Crippen LogP) is 7.36. The van der Waals surface area contributed by atoms with Crippen LogP contribution in [0.25, 0.3) is 22.2 Å².